The molecule has 5 atom stereocenters. The van der Waals surface area contributed by atoms with Gasteiger partial charge in [-0.2, -0.15) is 0 Å². The SMILES string of the molecule is CCC(C)C(N)C(=O)NC(CCC(=O)O)C(=O)NC(C(=O)NC(Cc1c[nH]c2ccccc12)C(=O)O)C(C)C. The van der Waals surface area contributed by atoms with Gasteiger partial charge in [0, 0.05) is 29.9 Å². The van der Waals surface area contributed by atoms with Gasteiger partial charge >= 0.3 is 11.9 Å². The molecule has 0 saturated carbocycles. The van der Waals surface area contributed by atoms with Gasteiger partial charge < -0.3 is 36.9 Å². The van der Waals surface area contributed by atoms with Crippen LogP contribution in [0.2, 0.25) is 0 Å². The molecule has 12 nitrogen and oxygen atoms in total. The normalized spacial score (nSPS) is 15.1. The molecule has 0 saturated heterocycles. The molecular formula is C27H39N5O7. The Morgan fingerprint density at radius 2 is 1.56 bits per heavy atom. The first-order valence-corrected chi connectivity index (χ1v) is 13.0. The molecule has 8 N–H and O–H groups in total. The maximum atomic E-state index is 13.2. The van der Waals surface area contributed by atoms with E-state index < -0.39 is 66.2 Å². The van der Waals surface area contributed by atoms with E-state index in [0.29, 0.717) is 12.0 Å². The van der Waals surface area contributed by atoms with Crippen molar-refractivity contribution in [2.75, 3.05) is 0 Å². The van der Waals surface area contributed by atoms with Gasteiger partial charge in [-0.3, -0.25) is 19.2 Å². The second-order valence-electron chi connectivity index (χ2n) is 10.1. The average Bonchev–Trinajstić information content (AvgIpc) is 3.30. The number of carboxylic acid groups (broad SMARTS) is 2. The van der Waals surface area contributed by atoms with Crippen molar-refractivity contribution in [1.82, 2.24) is 20.9 Å². The Labute approximate surface area is 227 Å². The topological polar surface area (TPSA) is 204 Å². The summed E-state index contributed by atoms with van der Waals surface area (Å²) in [7, 11) is 0. The van der Waals surface area contributed by atoms with Crippen LogP contribution in [0.5, 0.6) is 0 Å². The minimum Gasteiger partial charge on any atom is -0.481 e. The van der Waals surface area contributed by atoms with E-state index in [-0.39, 0.29) is 18.8 Å². The molecule has 0 fully saturated rings. The fraction of sp³-hybridized carbons (Fsp3) is 0.519. The van der Waals surface area contributed by atoms with Crippen LogP contribution in [0.4, 0.5) is 0 Å². The second kappa shape index (κ2) is 14.3. The largest absolute Gasteiger partial charge is 0.481 e. The number of nitrogens with two attached hydrogens (primary N) is 1. The first-order chi connectivity index (χ1) is 18.3. The number of benzene rings is 1. The highest BCUT2D eigenvalue weighted by atomic mass is 16.4. The third kappa shape index (κ3) is 8.81. The van der Waals surface area contributed by atoms with Crippen LogP contribution >= 0.6 is 0 Å². The Bertz CT molecular complexity index is 1180. The van der Waals surface area contributed by atoms with Gasteiger partial charge in [-0.05, 0) is 29.9 Å². The number of H-pyrrole nitrogens is 1. The first-order valence-electron chi connectivity index (χ1n) is 13.0. The molecule has 1 aromatic carbocycles. The third-order valence-corrected chi connectivity index (χ3v) is 6.80. The Morgan fingerprint density at radius 3 is 2.15 bits per heavy atom. The number of amides is 3. The van der Waals surface area contributed by atoms with E-state index in [9.17, 15) is 29.1 Å². The Morgan fingerprint density at radius 1 is 0.923 bits per heavy atom. The molecule has 0 radical (unpaired) electrons. The Balaban J connectivity index is 2.17. The molecule has 214 valence electrons. The second-order valence-corrected chi connectivity index (χ2v) is 10.1. The number of nitrogens with one attached hydrogen (secondary N) is 4. The van der Waals surface area contributed by atoms with Crippen molar-refractivity contribution in [3.05, 3.63) is 36.0 Å². The van der Waals surface area contributed by atoms with Crippen molar-refractivity contribution >= 4 is 40.6 Å². The Kier molecular flexibility index (Phi) is 11.5. The zero-order valence-corrected chi connectivity index (χ0v) is 22.7. The molecule has 2 rings (SSSR count). The van der Waals surface area contributed by atoms with Crippen molar-refractivity contribution in [3.8, 4) is 0 Å². The number of rotatable bonds is 15. The van der Waals surface area contributed by atoms with E-state index in [1.54, 1.807) is 27.0 Å². The Hall–Kier alpha value is -3.93. The van der Waals surface area contributed by atoms with Gasteiger partial charge in [0.1, 0.15) is 18.1 Å². The highest BCUT2D eigenvalue weighted by molar-refractivity contribution is 5.94. The van der Waals surface area contributed by atoms with E-state index >= 15 is 0 Å². The van der Waals surface area contributed by atoms with Gasteiger partial charge in [-0.15, -0.1) is 0 Å². The molecule has 39 heavy (non-hydrogen) atoms. The number of hydrogen-bond donors (Lipinski definition) is 7. The molecular weight excluding hydrogens is 506 g/mol. The number of carbonyl (C=O) groups is 5. The lowest BCUT2D eigenvalue weighted by Gasteiger charge is -2.27. The van der Waals surface area contributed by atoms with Crippen LogP contribution in [-0.4, -0.2) is 69.0 Å². The van der Waals surface area contributed by atoms with Crippen molar-refractivity contribution in [2.24, 2.45) is 17.6 Å². The van der Waals surface area contributed by atoms with Crippen LogP contribution < -0.4 is 21.7 Å². The van der Waals surface area contributed by atoms with Gasteiger partial charge in [0.15, 0.2) is 0 Å². The average molecular weight is 546 g/mol. The summed E-state index contributed by atoms with van der Waals surface area (Å²) in [5, 5.41) is 27.3. The number of hydrogen-bond acceptors (Lipinski definition) is 6. The van der Waals surface area contributed by atoms with E-state index in [1.165, 1.54) is 0 Å². The lowest BCUT2D eigenvalue weighted by atomic mass is 9.98. The van der Waals surface area contributed by atoms with E-state index in [2.05, 4.69) is 20.9 Å². The molecule has 0 bridgehead atoms. The van der Waals surface area contributed by atoms with E-state index in [0.717, 1.165) is 10.9 Å². The van der Waals surface area contributed by atoms with Crippen LogP contribution in [0.3, 0.4) is 0 Å². The van der Waals surface area contributed by atoms with Gasteiger partial charge in [0.05, 0.1) is 6.04 Å². The van der Waals surface area contributed by atoms with E-state index in [1.807, 2.05) is 31.2 Å². The number of aromatic amines is 1. The number of carboxylic acids is 2. The summed E-state index contributed by atoms with van der Waals surface area (Å²) in [5.41, 5.74) is 7.50. The lowest BCUT2D eigenvalue weighted by Crippen LogP contribution is -2.59. The third-order valence-electron chi connectivity index (χ3n) is 6.80. The quantitative estimate of drug-likeness (QED) is 0.172. The minimum atomic E-state index is -1.27. The molecule has 0 aliphatic heterocycles. The highest BCUT2D eigenvalue weighted by Gasteiger charge is 2.33. The summed E-state index contributed by atoms with van der Waals surface area (Å²) >= 11 is 0. The molecule has 3 amide bonds. The van der Waals surface area contributed by atoms with Gasteiger partial charge in [-0.1, -0.05) is 52.3 Å². The van der Waals surface area contributed by atoms with Gasteiger partial charge in [-0.25, -0.2) is 4.79 Å². The van der Waals surface area contributed by atoms with Crippen LogP contribution in [0.25, 0.3) is 10.9 Å². The zero-order valence-electron chi connectivity index (χ0n) is 22.7. The van der Waals surface area contributed by atoms with Crippen molar-refractivity contribution in [2.45, 2.75) is 77.5 Å². The molecule has 1 aromatic heterocycles. The van der Waals surface area contributed by atoms with Crippen LogP contribution in [-0.2, 0) is 30.4 Å². The predicted octanol–water partition coefficient (Wildman–Crippen LogP) is 1.14. The number of fused-ring (bicyclic) bond motifs is 1. The monoisotopic (exact) mass is 545 g/mol. The molecule has 12 heteroatoms. The van der Waals surface area contributed by atoms with Crippen LogP contribution in [0, 0.1) is 11.8 Å². The highest BCUT2D eigenvalue weighted by Crippen LogP contribution is 2.19. The molecule has 5 unspecified atom stereocenters. The van der Waals surface area contributed by atoms with Crippen LogP contribution in [0.15, 0.2) is 30.5 Å². The number of carbonyl (C=O) groups excluding carboxylic acids is 3. The van der Waals surface area contributed by atoms with Crippen LogP contribution in [0.1, 0.15) is 52.5 Å². The van der Waals surface area contributed by atoms with Crippen molar-refractivity contribution in [3.63, 3.8) is 0 Å². The summed E-state index contributed by atoms with van der Waals surface area (Å²) < 4.78 is 0. The smallest absolute Gasteiger partial charge is 0.326 e. The summed E-state index contributed by atoms with van der Waals surface area (Å²) in [4.78, 5) is 65.1. The molecule has 0 spiro atoms. The summed E-state index contributed by atoms with van der Waals surface area (Å²) in [6.45, 7) is 6.99. The molecule has 0 aliphatic carbocycles. The number of aromatic nitrogens is 1. The lowest BCUT2D eigenvalue weighted by molar-refractivity contribution is -0.142. The maximum Gasteiger partial charge on any atom is 0.326 e. The van der Waals surface area contributed by atoms with Crippen molar-refractivity contribution < 1.29 is 34.2 Å². The molecule has 1 heterocycles. The summed E-state index contributed by atoms with van der Waals surface area (Å²) in [6.07, 6.45) is 1.70. The number of para-hydroxylation sites is 1. The minimum absolute atomic E-state index is 0.00858. The van der Waals surface area contributed by atoms with Gasteiger partial charge in [0.2, 0.25) is 17.7 Å². The summed E-state index contributed by atoms with van der Waals surface area (Å²) in [6, 6.07) is 2.80. The maximum absolute atomic E-state index is 13.2. The standard InChI is InChI=1S/C27H39N5O7/c1-5-15(4)22(28)25(36)30-19(10-11-21(33)34)24(35)32-23(14(2)3)26(37)31-20(27(38)39)12-16-13-29-18-9-7-6-8-17(16)18/h6-9,13-15,19-20,22-23,29H,5,10-12,28H2,1-4H3,(H,30,36)(H,31,37)(H,32,35)(H,33,34)(H,38,39). The molecule has 0 aliphatic rings. The van der Waals surface area contributed by atoms with Gasteiger partial charge in [0.25, 0.3) is 0 Å². The van der Waals surface area contributed by atoms with Crippen molar-refractivity contribution in [1.29, 1.82) is 0 Å². The molecule has 2 aromatic rings. The first kappa shape index (κ1) is 31.3. The fourth-order valence-corrected chi connectivity index (χ4v) is 4.09. The number of aliphatic carboxylic acids is 2. The summed E-state index contributed by atoms with van der Waals surface area (Å²) in [5.74, 6) is -5.11. The zero-order chi connectivity index (χ0) is 29.3. The van der Waals surface area contributed by atoms with E-state index in [4.69, 9.17) is 10.8 Å². The fourth-order valence-electron chi connectivity index (χ4n) is 4.09. The predicted molar refractivity (Wildman–Crippen MR) is 145 cm³/mol.